The van der Waals surface area contributed by atoms with Crippen molar-refractivity contribution in [1.82, 2.24) is 0 Å². The number of rotatable bonds is 3. The molecule has 14 heavy (non-hydrogen) atoms. The highest BCUT2D eigenvalue weighted by Gasteiger charge is 2.01. The first-order chi connectivity index (χ1) is 6.69. The van der Waals surface area contributed by atoms with Crippen LogP contribution in [0.3, 0.4) is 0 Å². The van der Waals surface area contributed by atoms with E-state index in [-0.39, 0.29) is 0 Å². The molecule has 0 atom stereocenters. The first kappa shape index (κ1) is 11.1. The van der Waals surface area contributed by atoms with Gasteiger partial charge in [0, 0.05) is 6.54 Å². The minimum Gasteiger partial charge on any atom is -0.326 e. The second kappa shape index (κ2) is 5.08. The molecular formula is C11H12BrNO. The van der Waals surface area contributed by atoms with Crippen LogP contribution in [-0.4, -0.2) is 6.29 Å². The molecule has 0 unspecified atom stereocenters. The van der Waals surface area contributed by atoms with Crippen LogP contribution in [0, 0.1) is 0 Å². The van der Waals surface area contributed by atoms with E-state index >= 15 is 0 Å². The molecule has 0 spiro atoms. The van der Waals surface area contributed by atoms with Crippen molar-refractivity contribution < 1.29 is 4.79 Å². The molecule has 1 aromatic rings. The van der Waals surface area contributed by atoms with E-state index in [0.717, 1.165) is 23.0 Å². The van der Waals surface area contributed by atoms with Crippen LogP contribution in [0.25, 0.3) is 5.57 Å². The molecule has 3 heteroatoms. The highest BCUT2D eigenvalue weighted by Crippen LogP contribution is 2.21. The summed E-state index contributed by atoms with van der Waals surface area (Å²) in [4.78, 5) is 10.5. The summed E-state index contributed by atoms with van der Waals surface area (Å²) in [5, 5.41) is 0. The predicted octanol–water partition coefficient (Wildman–Crippen LogP) is 2.47. The topological polar surface area (TPSA) is 43.1 Å². The van der Waals surface area contributed by atoms with Gasteiger partial charge in [-0.25, -0.2) is 0 Å². The third-order valence-corrected chi connectivity index (χ3v) is 2.84. The lowest BCUT2D eigenvalue weighted by Gasteiger charge is -2.04. The van der Waals surface area contributed by atoms with Crippen molar-refractivity contribution in [2.45, 2.75) is 13.5 Å². The van der Waals surface area contributed by atoms with E-state index < -0.39 is 0 Å². The Balaban J connectivity index is 3.13. The molecule has 0 fully saturated rings. The molecule has 0 saturated heterocycles. The maximum Gasteiger partial charge on any atom is 0.157 e. The molecule has 0 heterocycles. The first-order valence-corrected chi connectivity index (χ1v) is 5.09. The van der Waals surface area contributed by atoms with Crippen LogP contribution in [0.4, 0.5) is 0 Å². The average molecular weight is 254 g/mol. The summed E-state index contributed by atoms with van der Waals surface area (Å²) in [6.45, 7) is 2.41. The molecule has 0 aliphatic carbocycles. The van der Waals surface area contributed by atoms with Crippen LogP contribution >= 0.6 is 15.9 Å². The lowest BCUT2D eigenvalue weighted by molar-refractivity contribution is -0.104. The normalized spacial score (nSPS) is 12.2. The number of allylic oxidation sites excluding steroid dienone is 2. The van der Waals surface area contributed by atoms with Gasteiger partial charge in [0.05, 0.1) is 4.48 Å². The van der Waals surface area contributed by atoms with Crippen LogP contribution in [0.15, 0.2) is 28.7 Å². The summed E-state index contributed by atoms with van der Waals surface area (Å²) in [6.07, 6.45) is 0.796. The minimum atomic E-state index is 0.514. The summed E-state index contributed by atoms with van der Waals surface area (Å²) in [5.74, 6) is 0. The van der Waals surface area contributed by atoms with Crippen LogP contribution in [0.1, 0.15) is 18.1 Å². The second-order valence-corrected chi connectivity index (χ2v) is 3.85. The van der Waals surface area contributed by atoms with Gasteiger partial charge in [0.1, 0.15) is 0 Å². The fourth-order valence-electron chi connectivity index (χ4n) is 1.16. The fraction of sp³-hybridized carbons (Fsp3) is 0.182. The molecule has 0 saturated carbocycles. The molecule has 2 N–H and O–H groups in total. The quantitative estimate of drug-likeness (QED) is 0.665. The van der Waals surface area contributed by atoms with Gasteiger partial charge in [0.15, 0.2) is 6.29 Å². The maximum atomic E-state index is 10.5. The summed E-state index contributed by atoms with van der Waals surface area (Å²) >= 11 is 3.21. The van der Waals surface area contributed by atoms with Crippen molar-refractivity contribution >= 4 is 27.8 Å². The van der Waals surface area contributed by atoms with Gasteiger partial charge in [-0.05, 0) is 39.6 Å². The standard InChI is InChI=1S/C11H12BrNO/c1-8(11(12)7-14)10-4-2-3-9(5-10)6-13/h2-5,7H,6,13H2,1H3/b11-8-. The monoisotopic (exact) mass is 253 g/mol. The van der Waals surface area contributed by atoms with Crippen LogP contribution in [0.2, 0.25) is 0 Å². The van der Waals surface area contributed by atoms with Crippen molar-refractivity contribution in [2.24, 2.45) is 5.73 Å². The Kier molecular flexibility index (Phi) is 4.04. The average Bonchev–Trinajstić information content (AvgIpc) is 2.27. The molecule has 0 radical (unpaired) electrons. The number of halogens is 1. The van der Waals surface area contributed by atoms with E-state index in [4.69, 9.17) is 5.73 Å². The highest BCUT2D eigenvalue weighted by atomic mass is 79.9. The van der Waals surface area contributed by atoms with E-state index in [1.807, 2.05) is 31.2 Å². The molecular weight excluding hydrogens is 242 g/mol. The first-order valence-electron chi connectivity index (χ1n) is 4.30. The predicted molar refractivity (Wildman–Crippen MR) is 61.9 cm³/mol. The molecule has 1 rings (SSSR count). The smallest absolute Gasteiger partial charge is 0.157 e. The molecule has 74 valence electrons. The van der Waals surface area contributed by atoms with Crippen molar-refractivity contribution in [3.05, 3.63) is 39.9 Å². The number of carbonyl (C=O) groups excluding carboxylic acids is 1. The maximum absolute atomic E-state index is 10.5. The van der Waals surface area contributed by atoms with Gasteiger partial charge >= 0.3 is 0 Å². The zero-order valence-corrected chi connectivity index (χ0v) is 9.54. The van der Waals surface area contributed by atoms with Gasteiger partial charge < -0.3 is 5.73 Å². The second-order valence-electron chi connectivity index (χ2n) is 3.00. The Hall–Kier alpha value is -0.930. The number of carbonyl (C=O) groups is 1. The number of nitrogens with two attached hydrogens (primary N) is 1. The molecule has 2 nitrogen and oxygen atoms in total. The fourth-order valence-corrected chi connectivity index (χ4v) is 1.39. The Bertz CT molecular complexity index is 371. The van der Waals surface area contributed by atoms with E-state index in [1.165, 1.54) is 0 Å². The molecule has 0 bridgehead atoms. The summed E-state index contributed by atoms with van der Waals surface area (Å²) < 4.78 is 0.576. The molecule has 1 aromatic carbocycles. The molecule has 0 aliphatic rings. The van der Waals surface area contributed by atoms with Gasteiger partial charge in [-0.2, -0.15) is 0 Å². The van der Waals surface area contributed by atoms with Crippen molar-refractivity contribution in [1.29, 1.82) is 0 Å². The van der Waals surface area contributed by atoms with Crippen molar-refractivity contribution in [3.8, 4) is 0 Å². The summed E-state index contributed by atoms with van der Waals surface area (Å²) in [6, 6.07) is 7.84. The molecule has 0 amide bonds. The van der Waals surface area contributed by atoms with Gasteiger partial charge in [-0.3, -0.25) is 4.79 Å². The number of benzene rings is 1. The van der Waals surface area contributed by atoms with E-state index in [2.05, 4.69) is 15.9 Å². The largest absolute Gasteiger partial charge is 0.326 e. The Morgan fingerprint density at radius 2 is 2.29 bits per heavy atom. The number of hydrogen-bond donors (Lipinski definition) is 1. The zero-order valence-electron chi connectivity index (χ0n) is 7.96. The third kappa shape index (κ3) is 2.53. The van der Waals surface area contributed by atoms with Crippen molar-refractivity contribution in [3.63, 3.8) is 0 Å². The van der Waals surface area contributed by atoms with E-state index in [9.17, 15) is 4.79 Å². The van der Waals surface area contributed by atoms with Crippen molar-refractivity contribution in [2.75, 3.05) is 0 Å². The van der Waals surface area contributed by atoms with Gasteiger partial charge in [-0.15, -0.1) is 0 Å². The van der Waals surface area contributed by atoms with Gasteiger partial charge in [0.25, 0.3) is 0 Å². The Labute approximate surface area is 91.9 Å². The highest BCUT2D eigenvalue weighted by molar-refractivity contribution is 9.12. The third-order valence-electron chi connectivity index (χ3n) is 2.06. The number of hydrogen-bond acceptors (Lipinski definition) is 2. The van der Waals surface area contributed by atoms with Crippen LogP contribution < -0.4 is 5.73 Å². The van der Waals surface area contributed by atoms with Crippen LogP contribution in [-0.2, 0) is 11.3 Å². The van der Waals surface area contributed by atoms with Crippen LogP contribution in [0.5, 0.6) is 0 Å². The Morgan fingerprint density at radius 3 is 2.86 bits per heavy atom. The van der Waals surface area contributed by atoms with E-state index in [0.29, 0.717) is 11.0 Å². The summed E-state index contributed by atoms with van der Waals surface area (Å²) in [7, 11) is 0. The summed E-state index contributed by atoms with van der Waals surface area (Å²) in [5.41, 5.74) is 8.54. The SMILES string of the molecule is C/C(=C(/Br)C=O)c1cccc(CN)c1. The Morgan fingerprint density at radius 1 is 1.57 bits per heavy atom. The lowest BCUT2D eigenvalue weighted by atomic mass is 10.0. The zero-order chi connectivity index (χ0) is 10.6. The number of aldehydes is 1. The van der Waals surface area contributed by atoms with Gasteiger partial charge in [0.2, 0.25) is 0 Å². The lowest BCUT2D eigenvalue weighted by Crippen LogP contribution is -1.96. The molecule has 0 aromatic heterocycles. The minimum absolute atomic E-state index is 0.514. The van der Waals surface area contributed by atoms with E-state index in [1.54, 1.807) is 0 Å². The molecule has 0 aliphatic heterocycles. The van der Waals surface area contributed by atoms with Gasteiger partial charge in [-0.1, -0.05) is 24.3 Å².